The van der Waals surface area contributed by atoms with E-state index in [-0.39, 0.29) is 0 Å². The van der Waals surface area contributed by atoms with Gasteiger partial charge in [-0.05, 0) is 43.3 Å². The molecule has 0 saturated carbocycles. The molecule has 4 heteroatoms. The van der Waals surface area contributed by atoms with Crippen LogP contribution in [-0.4, -0.2) is 17.7 Å². The highest BCUT2D eigenvalue weighted by Gasteiger charge is 2.10. The van der Waals surface area contributed by atoms with Gasteiger partial charge < -0.3 is 14.6 Å². The highest BCUT2D eigenvalue weighted by atomic mass is 16.5. The standard InChI is InChI=1S/C21H24N2O2/c1-3-22-16(2)13-20-14-21(23-25-20)18-9-11-19(12-10-18)24-15-17-7-5-4-6-8-17/h4-12,14,16,22H,3,13,15H2,1-2H3. The molecule has 3 rings (SSSR count). The Balaban J connectivity index is 1.59. The van der Waals surface area contributed by atoms with Gasteiger partial charge in [0, 0.05) is 24.1 Å². The number of rotatable bonds is 8. The third kappa shape index (κ3) is 4.94. The molecule has 0 aliphatic carbocycles. The first-order chi connectivity index (χ1) is 12.2. The molecule has 130 valence electrons. The molecule has 1 heterocycles. The molecule has 0 spiro atoms. The van der Waals surface area contributed by atoms with Crippen LogP contribution in [0.1, 0.15) is 25.2 Å². The molecule has 1 N–H and O–H groups in total. The molecule has 1 unspecified atom stereocenters. The Labute approximate surface area is 148 Å². The lowest BCUT2D eigenvalue weighted by molar-refractivity contribution is 0.306. The van der Waals surface area contributed by atoms with Crippen molar-refractivity contribution in [1.82, 2.24) is 10.5 Å². The van der Waals surface area contributed by atoms with Crippen LogP contribution in [0.2, 0.25) is 0 Å². The van der Waals surface area contributed by atoms with Gasteiger partial charge in [-0.1, -0.05) is 42.4 Å². The summed E-state index contributed by atoms with van der Waals surface area (Å²) < 4.78 is 11.3. The van der Waals surface area contributed by atoms with Gasteiger partial charge in [-0.2, -0.15) is 0 Å². The van der Waals surface area contributed by atoms with Gasteiger partial charge in [0.1, 0.15) is 23.8 Å². The molecule has 25 heavy (non-hydrogen) atoms. The highest BCUT2D eigenvalue weighted by molar-refractivity contribution is 5.59. The maximum Gasteiger partial charge on any atom is 0.138 e. The van der Waals surface area contributed by atoms with Crippen LogP contribution in [0.15, 0.2) is 65.2 Å². The minimum atomic E-state index is 0.375. The zero-order valence-corrected chi connectivity index (χ0v) is 14.7. The average Bonchev–Trinajstić information content (AvgIpc) is 3.10. The summed E-state index contributed by atoms with van der Waals surface area (Å²) in [5.74, 6) is 1.74. The van der Waals surface area contributed by atoms with Crippen LogP contribution in [0, 0.1) is 0 Å². The summed E-state index contributed by atoms with van der Waals surface area (Å²) >= 11 is 0. The Morgan fingerprint density at radius 3 is 2.56 bits per heavy atom. The van der Waals surface area contributed by atoms with Gasteiger partial charge >= 0.3 is 0 Å². The lowest BCUT2D eigenvalue weighted by Crippen LogP contribution is -2.27. The molecule has 0 amide bonds. The van der Waals surface area contributed by atoms with Gasteiger partial charge in [0.2, 0.25) is 0 Å². The first-order valence-corrected chi connectivity index (χ1v) is 8.70. The number of hydrogen-bond acceptors (Lipinski definition) is 4. The fourth-order valence-corrected chi connectivity index (χ4v) is 2.73. The Bertz CT molecular complexity index is 766. The van der Waals surface area contributed by atoms with E-state index in [1.54, 1.807) is 0 Å². The molecule has 2 aromatic carbocycles. The molecule has 0 aliphatic rings. The fraction of sp³-hybridized carbons (Fsp3) is 0.286. The van der Waals surface area contributed by atoms with Gasteiger partial charge in [-0.3, -0.25) is 0 Å². The van der Waals surface area contributed by atoms with Crippen LogP contribution < -0.4 is 10.1 Å². The fourth-order valence-electron chi connectivity index (χ4n) is 2.73. The monoisotopic (exact) mass is 336 g/mol. The lowest BCUT2D eigenvalue weighted by Gasteiger charge is -2.08. The predicted octanol–water partition coefficient (Wildman–Crippen LogP) is 4.46. The number of nitrogens with one attached hydrogen (secondary N) is 1. The second-order valence-corrected chi connectivity index (χ2v) is 6.14. The van der Waals surface area contributed by atoms with E-state index in [1.165, 1.54) is 0 Å². The van der Waals surface area contributed by atoms with Crippen LogP contribution >= 0.6 is 0 Å². The van der Waals surface area contributed by atoms with Crippen molar-refractivity contribution >= 4 is 0 Å². The van der Waals surface area contributed by atoms with Crippen LogP contribution in [0.25, 0.3) is 11.3 Å². The van der Waals surface area contributed by atoms with E-state index < -0.39 is 0 Å². The van der Waals surface area contributed by atoms with E-state index in [0.717, 1.165) is 41.3 Å². The van der Waals surface area contributed by atoms with Gasteiger partial charge in [0.25, 0.3) is 0 Å². The first-order valence-electron chi connectivity index (χ1n) is 8.70. The average molecular weight is 336 g/mol. The van der Waals surface area contributed by atoms with Crippen molar-refractivity contribution in [3.63, 3.8) is 0 Å². The third-order valence-electron chi connectivity index (χ3n) is 4.02. The minimum Gasteiger partial charge on any atom is -0.489 e. The Kier molecular flexibility index (Phi) is 5.86. The summed E-state index contributed by atoms with van der Waals surface area (Å²) in [4.78, 5) is 0. The molecule has 0 fully saturated rings. The summed E-state index contributed by atoms with van der Waals surface area (Å²) in [6, 6.07) is 20.5. The first kappa shape index (κ1) is 17.2. The summed E-state index contributed by atoms with van der Waals surface area (Å²) in [6.07, 6.45) is 0.832. The molecule has 0 bridgehead atoms. The Morgan fingerprint density at radius 2 is 1.84 bits per heavy atom. The van der Waals surface area contributed by atoms with Crippen LogP contribution in [0.4, 0.5) is 0 Å². The second-order valence-electron chi connectivity index (χ2n) is 6.14. The molecular formula is C21H24N2O2. The largest absolute Gasteiger partial charge is 0.489 e. The van der Waals surface area contributed by atoms with Gasteiger partial charge in [-0.25, -0.2) is 0 Å². The van der Waals surface area contributed by atoms with Crippen molar-refractivity contribution in [1.29, 1.82) is 0 Å². The quantitative estimate of drug-likeness (QED) is 0.660. The van der Waals surface area contributed by atoms with E-state index in [0.29, 0.717) is 12.6 Å². The molecule has 1 aromatic heterocycles. The van der Waals surface area contributed by atoms with Crippen LogP contribution in [-0.2, 0) is 13.0 Å². The Hall–Kier alpha value is -2.59. The van der Waals surface area contributed by atoms with Crippen molar-refractivity contribution in [2.75, 3.05) is 6.54 Å². The molecule has 0 aliphatic heterocycles. The van der Waals surface area contributed by atoms with Crippen LogP contribution in [0.5, 0.6) is 5.75 Å². The van der Waals surface area contributed by atoms with E-state index >= 15 is 0 Å². The maximum atomic E-state index is 5.82. The zero-order chi connectivity index (χ0) is 17.5. The maximum absolute atomic E-state index is 5.82. The van der Waals surface area contributed by atoms with E-state index in [1.807, 2.05) is 48.5 Å². The van der Waals surface area contributed by atoms with Crippen molar-refractivity contribution in [3.05, 3.63) is 72.0 Å². The van der Waals surface area contributed by atoms with Crippen molar-refractivity contribution in [2.45, 2.75) is 32.9 Å². The summed E-state index contributed by atoms with van der Waals surface area (Å²) in [5.41, 5.74) is 3.04. The molecule has 4 nitrogen and oxygen atoms in total. The number of ether oxygens (including phenoxy) is 1. The summed E-state index contributed by atoms with van der Waals surface area (Å²) in [6.45, 7) is 5.76. The van der Waals surface area contributed by atoms with Gasteiger partial charge in [0.15, 0.2) is 0 Å². The SMILES string of the molecule is CCNC(C)Cc1cc(-c2ccc(OCc3ccccc3)cc2)no1. The molecular weight excluding hydrogens is 312 g/mol. The van der Waals surface area contributed by atoms with E-state index in [2.05, 4.69) is 36.5 Å². The third-order valence-corrected chi connectivity index (χ3v) is 4.02. The summed E-state index contributed by atoms with van der Waals surface area (Å²) in [5, 5.41) is 7.55. The number of hydrogen-bond donors (Lipinski definition) is 1. The highest BCUT2D eigenvalue weighted by Crippen LogP contribution is 2.23. The van der Waals surface area contributed by atoms with E-state index in [9.17, 15) is 0 Å². The normalized spacial score (nSPS) is 12.1. The van der Waals surface area contributed by atoms with E-state index in [4.69, 9.17) is 9.26 Å². The van der Waals surface area contributed by atoms with Crippen molar-refractivity contribution in [3.8, 4) is 17.0 Å². The summed E-state index contributed by atoms with van der Waals surface area (Å²) in [7, 11) is 0. The zero-order valence-electron chi connectivity index (χ0n) is 14.7. The minimum absolute atomic E-state index is 0.375. The molecule has 1 atom stereocenters. The second kappa shape index (κ2) is 8.49. The van der Waals surface area contributed by atoms with Gasteiger partial charge in [-0.15, -0.1) is 0 Å². The van der Waals surface area contributed by atoms with Crippen molar-refractivity contribution < 1.29 is 9.26 Å². The predicted molar refractivity (Wildman–Crippen MR) is 99.6 cm³/mol. The van der Waals surface area contributed by atoms with Crippen molar-refractivity contribution in [2.24, 2.45) is 0 Å². The molecule has 3 aromatic rings. The van der Waals surface area contributed by atoms with Gasteiger partial charge in [0.05, 0.1) is 0 Å². The smallest absolute Gasteiger partial charge is 0.138 e. The number of benzene rings is 2. The number of aromatic nitrogens is 1. The Morgan fingerprint density at radius 1 is 1.08 bits per heavy atom. The lowest BCUT2D eigenvalue weighted by atomic mass is 10.1. The topological polar surface area (TPSA) is 47.3 Å². The van der Waals surface area contributed by atoms with Crippen LogP contribution in [0.3, 0.4) is 0 Å². The number of likely N-dealkylation sites (N-methyl/N-ethyl adjacent to an activating group) is 1. The number of nitrogens with zero attached hydrogens (tertiary/aromatic N) is 1. The molecule has 0 radical (unpaired) electrons. The molecule has 0 saturated heterocycles.